The molecule has 0 fully saturated rings. The highest BCUT2D eigenvalue weighted by Crippen LogP contribution is 2.25. The van der Waals surface area contributed by atoms with E-state index in [4.69, 9.17) is 33.5 Å². The summed E-state index contributed by atoms with van der Waals surface area (Å²) in [6.45, 7) is 4.13. The Hall–Kier alpha value is -1.72. The molecular weight excluding hydrogens is 311 g/mol. The van der Waals surface area contributed by atoms with E-state index in [2.05, 4.69) is 15.5 Å². The summed E-state index contributed by atoms with van der Waals surface area (Å²) in [5.74, 6) is 1.06. The van der Waals surface area contributed by atoms with Crippen LogP contribution in [-0.2, 0) is 6.54 Å². The Labute approximate surface area is 133 Å². The van der Waals surface area contributed by atoms with Crippen molar-refractivity contribution in [2.24, 2.45) is 10.7 Å². The van der Waals surface area contributed by atoms with E-state index >= 15 is 0 Å². The first-order chi connectivity index (χ1) is 9.95. The monoisotopic (exact) mass is 326 g/mol. The van der Waals surface area contributed by atoms with Crippen LogP contribution in [0.5, 0.6) is 0 Å². The van der Waals surface area contributed by atoms with Crippen molar-refractivity contribution >= 4 is 29.2 Å². The fourth-order valence-corrected chi connectivity index (χ4v) is 2.43. The van der Waals surface area contributed by atoms with Gasteiger partial charge in [0.25, 0.3) is 0 Å². The third kappa shape index (κ3) is 4.37. The minimum absolute atomic E-state index is 0.0856. The van der Waals surface area contributed by atoms with Crippen molar-refractivity contribution in [3.63, 3.8) is 0 Å². The lowest BCUT2D eigenvalue weighted by molar-refractivity contribution is 0.391. The highest BCUT2D eigenvalue weighted by atomic mass is 35.5. The summed E-state index contributed by atoms with van der Waals surface area (Å²) < 4.78 is 4.96. The van der Waals surface area contributed by atoms with E-state index in [1.54, 1.807) is 12.1 Å². The van der Waals surface area contributed by atoms with Gasteiger partial charge in [-0.2, -0.15) is 0 Å². The highest BCUT2D eigenvalue weighted by Gasteiger charge is 2.10. The maximum atomic E-state index is 6.16. The molecule has 0 saturated heterocycles. The first-order valence-corrected chi connectivity index (χ1v) is 7.15. The van der Waals surface area contributed by atoms with Gasteiger partial charge in [0.05, 0.1) is 12.6 Å². The normalized spacial score (nSPS) is 13.2. The highest BCUT2D eigenvalue weighted by molar-refractivity contribution is 6.35. The molecule has 5 nitrogen and oxygen atoms in total. The molecule has 0 saturated carbocycles. The summed E-state index contributed by atoms with van der Waals surface area (Å²) in [6.07, 6.45) is 0. The van der Waals surface area contributed by atoms with Crippen LogP contribution in [0.25, 0.3) is 0 Å². The van der Waals surface area contributed by atoms with E-state index in [0.717, 1.165) is 17.0 Å². The predicted molar refractivity (Wildman–Crippen MR) is 84.6 cm³/mol. The summed E-state index contributed by atoms with van der Waals surface area (Å²) in [4.78, 5) is 4.21. The molecule has 1 heterocycles. The largest absolute Gasteiger partial charge is 0.370 e. The number of nitrogens with two attached hydrogens (primary N) is 1. The molecule has 21 heavy (non-hydrogen) atoms. The quantitative estimate of drug-likeness (QED) is 0.666. The molecule has 3 N–H and O–H groups in total. The van der Waals surface area contributed by atoms with Crippen molar-refractivity contribution in [3.8, 4) is 0 Å². The summed E-state index contributed by atoms with van der Waals surface area (Å²) in [6, 6.07) is 7.07. The third-order valence-corrected chi connectivity index (χ3v) is 3.44. The van der Waals surface area contributed by atoms with E-state index < -0.39 is 0 Å². The molecule has 7 heteroatoms. The number of rotatable bonds is 4. The topological polar surface area (TPSA) is 76.4 Å². The van der Waals surface area contributed by atoms with Gasteiger partial charge in [0, 0.05) is 16.1 Å². The molecule has 1 aromatic carbocycles. The summed E-state index contributed by atoms with van der Waals surface area (Å²) >= 11 is 12.0. The second-order valence-electron chi connectivity index (χ2n) is 4.66. The first-order valence-electron chi connectivity index (χ1n) is 6.39. The number of nitrogens with one attached hydrogen (secondary N) is 1. The van der Waals surface area contributed by atoms with Gasteiger partial charge in [-0.15, -0.1) is 0 Å². The number of nitrogens with zero attached hydrogens (tertiary/aromatic N) is 2. The number of aliphatic imine (C=N–C) groups is 1. The fraction of sp³-hybridized carbons (Fsp3) is 0.286. The second kappa shape index (κ2) is 6.83. The van der Waals surface area contributed by atoms with Crippen LogP contribution in [0.1, 0.15) is 30.0 Å². The average Bonchev–Trinajstić information content (AvgIpc) is 2.82. The van der Waals surface area contributed by atoms with Crippen molar-refractivity contribution in [3.05, 3.63) is 51.3 Å². The van der Waals surface area contributed by atoms with Crippen LogP contribution in [0, 0.1) is 6.92 Å². The molecule has 1 atom stereocenters. The molecular formula is C14H16Cl2N4O. The molecule has 0 bridgehead atoms. The van der Waals surface area contributed by atoms with Crippen LogP contribution in [0.2, 0.25) is 10.0 Å². The van der Waals surface area contributed by atoms with Gasteiger partial charge >= 0.3 is 0 Å². The van der Waals surface area contributed by atoms with Crippen molar-refractivity contribution in [1.82, 2.24) is 10.5 Å². The zero-order valence-electron chi connectivity index (χ0n) is 11.7. The van der Waals surface area contributed by atoms with Crippen molar-refractivity contribution in [1.29, 1.82) is 0 Å². The Morgan fingerprint density at radius 3 is 2.81 bits per heavy atom. The summed E-state index contributed by atoms with van der Waals surface area (Å²) in [5.41, 5.74) is 7.49. The van der Waals surface area contributed by atoms with Crippen molar-refractivity contribution in [2.45, 2.75) is 26.4 Å². The predicted octanol–water partition coefficient (Wildman–Crippen LogP) is 3.46. The number of aromatic nitrogens is 1. The smallest absolute Gasteiger partial charge is 0.189 e. The lowest BCUT2D eigenvalue weighted by Crippen LogP contribution is -2.34. The van der Waals surface area contributed by atoms with Gasteiger partial charge in [-0.1, -0.05) is 34.4 Å². The number of benzene rings is 1. The van der Waals surface area contributed by atoms with Crippen LogP contribution < -0.4 is 11.1 Å². The summed E-state index contributed by atoms with van der Waals surface area (Å²) in [7, 11) is 0. The third-order valence-electron chi connectivity index (χ3n) is 2.88. The minimum Gasteiger partial charge on any atom is -0.370 e. The van der Waals surface area contributed by atoms with Crippen LogP contribution in [-0.4, -0.2) is 11.1 Å². The first kappa shape index (κ1) is 15.7. The fourth-order valence-electron chi connectivity index (χ4n) is 1.86. The summed E-state index contributed by atoms with van der Waals surface area (Å²) in [5, 5.41) is 8.10. The van der Waals surface area contributed by atoms with Crippen molar-refractivity contribution < 1.29 is 4.52 Å². The average molecular weight is 327 g/mol. The number of aryl methyl sites for hydroxylation is 1. The molecule has 0 spiro atoms. The number of hydrogen-bond donors (Lipinski definition) is 2. The Bertz CT molecular complexity index is 654. The van der Waals surface area contributed by atoms with Gasteiger partial charge in [-0.25, -0.2) is 4.99 Å². The number of halogens is 2. The molecule has 112 valence electrons. The van der Waals surface area contributed by atoms with E-state index in [-0.39, 0.29) is 6.04 Å². The van der Waals surface area contributed by atoms with Crippen LogP contribution in [0.4, 0.5) is 0 Å². The molecule has 1 aromatic heterocycles. The van der Waals surface area contributed by atoms with E-state index in [1.165, 1.54) is 0 Å². The van der Waals surface area contributed by atoms with E-state index in [0.29, 0.717) is 22.5 Å². The van der Waals surface area contributed by atoms with Gasteiger partial charge in [-0.3, -0.25) is 0 Å². The standard InChI is InChI=1S/C14H16Cl2N4O/c1-8-5-11(20-21-8)7-18-14(17)19-9(2)12-4-3-10(15)6-13(12)16/h3-6,9H,7H2,1-2H3,(H3,17,18,19). The van der Waals surface area contributed by atoms with E-state index in [1.807, 2.05) is 26.0 Å². The molecule has 0 aliphatic heterocycles. The maximum absolute atomic E-state index is 6.16. The Kier molecular flexibility index (Phi) is 5.09. The zero-order chi connectivity index (χ0) is 15.4. The minimum atomic E-state index is -0.0856. The number of hydrogen-bond acceptors (Lipinski definition) is 3. The molecule has 2 aromatic rings. The molecule has 0 aliphatic carbocycles. The molecule has 1 unspecified atom stereocenters. The number of guanidine groups is 1. The Morgan fingerprint density at radius 1 is 1.43 bits per heavy atom. The molecule has 0 radical (unpaired) electrons. The van der Waals surface area contributed by atoms with Gasteiger partial charge in [0.2, 0.25) is 0 Å². The van der Waals surface area contributed by atoms with Gasteiger partial charge in [0.15, 0.2) is 5.96 Å². The van der Waals surface area contributed by atoms with Crippen molar-refractivity contribution in [2.75, 3.05) is 0 Å². The molecule has 0 amide bonds. The molecule has 0 aliphatic rings. The Morgan fingerprint density at radius 2 is 2.19 bits per heavy atom. The van der Waals surface area contributed by atoms with Gasteiger partial charge in [-0.05, 0) is 31.5 Å². The van der Waals surface area contributed by atoms with Gasteiger partial charge < -0.3 is 15.6 Å². The molecule has 2 rings (SSSR count). The van der Waals surface area contributed by atoms with Crippen LogP contribution >= 0.6 is 23.2 Å². The Balaban J connectivity index is 1.99. The van der Waals surface area contributed by atoms with Crippen LogP contribution in [0.3, 0.4) is 0 Å². The SMILES string of the molecule is Cc1cc(CN=C(N)NC(C)c2ccc(Cl)cc2Cl)no1. The lowest BCUT2D eigenvalue weighted by atomic mass is 10.1. The maximum Gasteiger partial charge on any atom is 0.189 e. The van der Waals surface area contributed by atoms with E-state index in [9.17, 15) is 0 Å². The lowest BCUT2D eigenvalue weighted by Gasteiger charge is -2.16. The second-order valence-corrected chi connectivity index (χ2v) is 5.51. The van der Waals surface area contributed by atoms with Gasteiger partial charge in [0.1, 0.15) is 11.5 Å². The zero-order valence-corrected chi connectivity index (χ0v) is 13.2. The van der Waals surface area contributed by atoms with Crippen LogP contribution in [0.15, 0.2) is 33.8 Å².